The lowest BCUT2D eigenvalue weighted by Gasteiger charge is -2.08. The molecule has 0 fully saturated rings. The van der Waals surface area contributed by atoms with Gasteiger partial charge in [-0.2, -0.15) is 0 Å². The summed E-state index contributed by atoms with van der Waals surface area (Å²) in [5.41, 5.74) is 7.60. The first-order valence-corrected chi connectivity index (χ1v) is 6.24. The SMILES string of the molecule is Cc1csc2cc([C@H](C)N)c(Br)c(=O)n12. The second-order valence-electron chi connectivity index (χ2n) is 3.56. The molecule has 2 aromatic rings. The molecule has 0 saturated heterocycles. The number of aryl methyl sites for hydroxylation is 1. The topological polar surface area (TPSA) is 47.5 Å². The van der Waals surface area contributed by atoms with Crippen LogP contribution >= 0.6 is 27.3 Å². The summed E-state index contributed by atoms with van der Waals surface area (Å²) in [6.07, 6.45) is 0. The quantitative estimate of drug-likeness (QED) is 0.875. The van der Waals surface area contributed by atoms with Crippen LogP contribution in [-0.2, 0) is 0 Å². The van der Waals surface area contributed by atoms with E-state index in [9.17, 15) is 4.79 Å². The molecule has 2 aromatic heterocycles. The molecular formula is C10H11BrN2OS. The Balaban J connectivity index is 2.91. The van der Waals surface area contributed by atoms with Crippen LogP contribution < -0.4 is 11.3 Å². The average Bonchev–Trinajstić information content (AvgIpc) is 2.53. The molecule has 0 aliphatic carbocycles. The van der Waals surface area contributed by atoms with Crippen LogP contribution in [0.1, 0.15) is 24.2 Å². The predicted octanol–water partition coefficient (Wildman–Crippen LogP) is 2.45. The van der Waals surface area contributed by atoms with Gasteiger partial charge in [-0.25, -0.2) is 0 Å². The van der Waals surface area contributed by atoms with Crippen molar-refractivity contribution in [1.82, 2.24) is 4.40 Å². The number of nitrogens with zero attached hydrogens (tertiary/aromatic N) is 1. The molecule has 0 amide bonds. The van der Waals surface area contributed by atoms with E-state index in [2.05, 4.69) is 15.9 Å². The van der Waals surface area contributed by atoms with Crippen LogP contribution in [0.5, 0.6) is 0 Å². The largest absolute Gasteiger partial charge is 0.324 e. The molecule has 15 heavy (non-hydrogen) atoms. The summed E-state index contributed by atoms with van der Waals surface area (Å²) in [5.74, 6) is 0. The van der Waals surface area contributed by atoms with Crippen molar-refractivity contribution in [1.29, 1.82) is 0 Å². The Bertz CT molecular complexity index is 571. The third-order valence-electron chi connectivity index (χ3n) is 2.34. The summed E-state index contributed by atoms with van der Waals surface area (Å²) in [6.45, 7) is 3.79. The van der Waals surface area contributed by atoms with Gasteiger partial charge in [-0.05, 0) is 41.4 Å². The highest BCUT2D eigenvalue weighted by Crippen LogP contribution is 2.23. The van der Waals surface area contributed by atoms with Gasteiger partial charge in [0.05, 0.1) is 4.47 Å². The predicted molar refractivity (Wildman–Crippen MR) is 66.6 cm³/mol. The average molecular weight is 287 g/mol. The van der Waals surface area contributed by atoms with E-state index in [1.54, 1.807) is 15.7 Å². The summed E-state index contributed by atoms with van der Waals surface area (Å²) >= 11 is 4.87. The first-order chi connectivity index (χ1) is 7.02. The number of hydrogen-bond donors (Lipinski definition) is 1. The molecule has 0 aromatic carbocycles. The van der Waals surface area contributed by atoms with Crippen LogP contribution in [0.2, 0.25) is 0 Å². The minimum absolute atomic E-state index is 0.0291. The number of halogens is 1. The van der Waals surface area contributed by atoms with E-state index < -0.39 is 0 Å². The summed E-state index contributed by atoms with van der Waals surface area (Å²) in [4.78, 5) is 12.9. The zero-order valence-electron chi connectivity index (χ0n) is 8.45. The van der Waals surface area contributed by atoms with Crippen LogP contribution in [-0.4, -0.2) is 4.40 Å². The maximum absolute atomic E-state index is 12.0. The number of fused-ring (bicyclic) bond motifs is 1. The first kappa shape index (κ1) is 10.9. The molecule has 0 radical (unpaired) electrons. The highest BCUT2D eigenvalue weighted by Gasteiger charge is 2.13. The molecule has 5 heteroatoms. The van der Waals surface area contributed by atoms with Crippen molar-refractivity contribution in [3.05, 3.63) is 37.5 Å². The highest BCUT2D eigenvalue weighted by molar-refractivity contribution is 9.10. The van der Waals surface area contributed by atoms with Crippen LogP contribution in [0.15, 0.2) is 20.7 Å². The fourth-order valence-corrected chi connectivity index (χ4v) is 3.11. The number of nitrogens with two attached hydrogens (primary N) is 1. The third-order valence-corrected chi connectivity index (χ3v) is 4.14. The molecule has 0 unspecified atom stereocenters. The lowest BCUT2D eigenvalue weighted by Crippen LogP contribution is -2.19. The lowest BCUT2D eigenvalue weighted by molar-refractivity contribution is 0.806. The Kier molecular flexibility index (Phi) is 2.70. The second kappa shape index (κ2) is 3.73. The Hall–Kier alpha value is -0.650. The Labute approximate surface area is 99.7 Å². The minimum Gasteiger partial charge on any atom is -0.324 e. The molecule has 0 saturated carbocycles. The van der Waals surface area contributed by atoms with Gasteiger partial charge in [-0.1, -0.05) is 0 Å². The molecule has 2 heterocycles. The van der Waals surface area contributed by atoms with Gasteiger partial charge in [-0.3, -0.25) is 9.20 Å². The minimum atomic E-state index is -0.139. The monoisotopic (exact) mass is 286 g/mol. The van der Waals surface area contributed by atoms with E-state index in [1.807, 2.05) is 25.3 Å². The number of hydrogen-bond acceptors (Lipinski definition) is 3. The van der Waals surface area contributed by atoms with Gasteiger partial charge in [0.1, 0.15) is 4.83 Å². The maximum Gasteiger partial charge on any atom is 0.270 e. The zero-order chi connectivity index (χ0) is 11.2. The van der Waals surface area contributed by atoms with Gasteiger partial charge >= 0.3 is 0 Å². The second-order valence-corrected chi connectivity index (χ2v) is 5.24. The summed E-state index contributed by atoms with van der Waals surface area (Å²) in [7, 11) is 0. The molecule has 3 nitrogen and oxygen atoms in total. The summed E-state index contributed by atoms with van der Waals surface area (Å²) < 4.78 is 2.26. The molecule has 2 rings (SSSR count). The molecular weight excluding hydrogens is 276 g/mol. The van der Waals surface area contributed by atoms with Gasteiger partial charge in [0.25, 0.3) is 5.56 Å². The normalized spacial score (nSPS) is 13.3. The van der Waals surface area contributed by atoms with Crippen LogP contribution in [0.25, 0.3) is 4.83 Å². The van der Waals surface area contributed by atoms with E-state index in [0.29, 0.717) is 4.47 Å². The first-order valence-electron chi connectivity index (χ1n) is 4.57. The van der Waals surface area contributed by atoms with Gasteiger partial charge in [0.15, 0.2) is 0 Å². The highest BCUT2D eigenvalue weighted by atomic mass is 79.9. The van der Waals surface area contributed by atoms with Crippen molar-refractivity contribution in [2.45, 2.75) is 19.9 Å². The van der Waals surface area contributed by atoms with Gasteiger partial charge in [0, 0.05) is 17.1 Å². The fraction of sp³-hybridized carbons (Fsp3) is 0.300. The van der Waals surface area contributed by atoms with Crippen LogP contribution in [0.4, 0.5) is 0 Å². The van der Waals surface area contributed by atoms with Crippen molar-refractivity contribution in [2.75, 3.05) is 0 Å². The number of rotatable bonds is 1. The van der Waals surface area contributed by atoms with E-state index >= 15 is 0 Å². The Morgan fingerprint density at radius 3 is 2.87 bits per heavy atom. The smallest absolute Gasteiger partial charge is 0.270 e. The molecule has 0 aliphatic heterocycles. The summed E-state index contributed by atoms with van der Waals surface area (Å²) in [6, 6.07) is 1.83. The number of aromatic nitrogens is 1. The van der Waals surface area contributed by atoms with Crippen LogP contribution in [0.3, 0.4) is 0 Å². The van der Waals surface area contributed by atoms with E-state index in [-0.39, 0.29) is 11.6 Å². The van der Waals surface area contributed by atoms with E-state index in [4.69, 9.17) is 5.73 Å². The van der Waals surface area contributed by atoms with E-state index in [0.717, 1.165) is 16.1 Å². The van der Waals surface area contributed by atoms with Crippen LogP contribution in [0, 0.1) is 6.92 Å². The number of pyridine rings is 1. The molecule has 2 N–H and O–H groups in total. The van der Waals surface area contributed by atoms with Gasteiger partial charge < -0.3 is 5.73 Å². The van der Waals surface area contributed by atoms with Crippen molar-refractivity contribution in [2.24, 2.45) is 5.73 Å². The van der Waals surface area contributed by atoms with Crippen molar-refractivity contribution >= 4 is 32.1 Å². The van der Waals surface area contributed by atoms with Crippen molar-refractivity contribution < 1.29 is 0 Å². The molecule has 0 aliphatic rings. The van der Waals surface area contributed by atoms with Crippen molar-refractivity contribution in [3.63, 3.8) is 0 Å². The fourth-order valence-electron chi connectivity index (χ4n) is 1.53. The molecule has 1 atom stereocenters. The third kappa shape index (κ3) is 1.64. The van der Waals surface area contributed by atoms with Crippen molar-refractivity contribution in [3.8, 4) is 0 Å². The Morgan fingerprint density at radius 2 is 2.27 bits per heavy atom. The van der Waals surface area contributed by atoms with Gasteiger partial charge in [0.2, 0.25) is 0 Å². The van der Waals surface area contributed by atoms with E-state index in [1.165, 1.54) is 0 Å². The number of thiazole rings is 1. The molecule has 0 spiro atoms. The Morgan fingerprint density at radius 1 is 1.60 bits per heavy atom. The lowest BCUT2D eigenvalue weighted by atomic mass is 10.1. The summed E-state index contributed by atoms with van der Waals surface area (Å²) in [5, 5.41) is 1.97. The zero-order valence-corrected chi connectivity index (χ0v) is 10.9. The molecule has 80 valence electrons. The maximum atomic E-state index is 12.0. The molecule has 0 bridgehead atoms. The van der Waals surface area contributed by atoms with Gasteiger partial charge in [-0.15, -0.1) is 11.3 Å². The standard InChI is InChI=1S/C10H11BrN2OS/c1-5-4-15-8-3-7(6(2)12)9(11)10(14)13(5)8/h3-4,6H,12H2,1-2H3/t6-/m0/s1.